The monoisotopic (exact) mass is 376 g/mol. The van der Waals surface area contributed by atoms with Crippen molar-refractivity contribution in [2.75, 3.05) is 28.6 Å². The Labute approximate surface area is 163 Å². The normalized spacial score (nSPS) is 13.4. The molecule has 4 rings (SSSR count). The van der Waals surface area contributed by atoms with Crippen molar-refractivity contribution in [3.05, 3.63) is 78.4 Å². The Kier molecular flexibility index (Phi) is 5.19. The molecular weight excluding hydrogens is 355 g/mol. The fourth-order valence-electron chi connectivity index (χ4n) is 3.28. The quantitative estimate of drug-likeness (QED) is 0.670. The average molecular weight is 376 g/mol. The molecule has 1 saturated heterocycles. The zero-order valence-electron chi connectivity index (χ0n) is 15.4. The van der Waals surface area contributed by atoms with Gasteiger partial charge in [-0.25, -0.2) is 4.39 Å². The molecule has 0 aliphatic carbocycles. The average Bonchev–Trinajstić information content (AvgIpc) is 3.25. The number of nitrogens with zero attached hydrogens (tertiary/aromatic N) is 2. The van der Waals surface area contributed by atoms with E-state index in [9.17, 15) is 9.18 Å². The number of rotatable bonds is 5. The highest BCUT2D eigenvalue weighted by atomic mass is 19.1. The van der Waals surface area contributed by atoms with Crippen molar-refractivity contribution in [1.82, 2.24) is 4.98 Å². The Hall–Kier alpha value is -3.41. The van der Waals surface area contributed by atoms with E-state index < -0.39 is 11.7 Å². The van der Waals surface area contributed by atoms with Crippen LogP contribution in [0.25, 0.3) is 0 Å². The molecule has 0 bridgehead atoms. The van der Waals surface area contributed by atoms with Crippen molar-refractivity contribution in [1.29, 1.82) is 0 Å². The number of pyridine rings is 1. The highest BCUT2D eigenvalue weighted by Crippen LogP contribution is 2.24. The lowest BCUT2D eigenvalue weighted by Gasteiger charge is -2.18. The third kappa shape index (κ3) is 4.11. The Balaban J connectivity index is 1.44. The number of hydrogen-bond donors (Lipinski definition) is 2. The summed E-state index contributed by atoms with van der Waals surface area (Å²) in [6.45, 7) is 2.22. The van der Waals surface area contributed by atoms with E-state index in [4.69, 9.17) is 0 Å². The molecular formula is C22H21FN4O. The third-order valence-electron chi connectivity index (χ3n) is 4.74. The first-order chi connectivity index (χ1) is 13.7. The maximum absolute atomic E-state index is 13.7. The largest absolute Gasteiger partial charge is 0.372 e. The lowest BCUT2D eigenvalue weighted by molar-refractivity contribution is 0.102. The Morgan fingerprint density at radius 1 is 0.964 bits per heavy atom. The van der Waals surface area contributed by atoms with Gasteiger partial charge in [0, 0.05) is 36.3 Å². The minimum Gasteiger partial charge on any atom is -0.372 e. The lowest BCUT2D eigenvalue weighted by Crippen LogP contribution is -2.17. The van der Waals surface area contributed by atoms with Gasteiger partial charge in [0.1, 0.15) is 11.5 Å². The number of amides is 1. The van der Waals surface area contributed by atoms with Gasteiger partial charge in [0.05, 0.1) is 5.69 Å². The number of benzene rings is 2. The molecule has 5 nitrogen and oxygen atoms in total. The van der Waals surface area contributed by atoms with Crippen molar-refractivity contribution in [2.45, 2.75) is 12.8 Å². The molecule has 0 unspecified atom stereocenters. The van der Waals surface area contributed by atoms with Gasteiger partial charge < -0.3 is 15.5 Å². The van der Waals surface area contributed by atoms with E-state index in [1.54, 1.807) is 30.5 Å². The van der Waals surface area contributed by atoms with Gasteiger partial charge in [-0.2, -0.15) is 0 Å². The second-order valence-corrected chi connectivity index (χ2v) is 6.73. The zero-order valence-corrected chi connectivity index (χ0v) is 15.4. The molecule has 28 heavy (non-hydrogen) atoms. The van der Waals surface area contributed by atoms with Crippen LogP contribution in [-0.2, 0) is 0 Å². The fourth-order valence-corrected chi connectivity index (χ4v) is 3.28. The molecule has 0 atom stereocenters. The van der Waals surface area contributed by atoms with E-state index in [0.717, 1.165) is 24.5 Å². The van der Waals surface area contributed by atoms with Crippen molar-refractivity contribution in [3.63, 3.8) is 0 Å². The molecule has 1 fully saturated rings. The molecule has 0 radical (unpaired) electrons. The van der Waals surface area contributed by atoms with Crippen molar-refractivity contribution >= 4 is 28.7 Å². The minimum atomic E-state index is -0.483. The van der Waals surface area contributed by atoms with Crippen LogP contribution in [0.5, 0.6) is 0 Å². The highest BCUT2D eigenvalue weighted by Gasteiger charge is 2.13. The smallest absolute Gasteiger partial charge is 0.274 e. The molecule has 0 saturated carbocycles. The minimum absolute atomic E-state index is 0.130. The van der Waals surface area contributed by atoms with Gasteiger partial charge in [-0.05, 0) is 61.4 Å². The van der Waals surface area contributed by atoms with Crippen molar-refractivity contribution in [2.24, 2.45) is 0 Å². The summed E-state index contributed by atoms with van der Waals surface area (Å²) in [6.07, 6.45) is 4.04. The number of anilines is 4. The van der Waals surface area contributed by atoms with Gasteiger partial charge in [0.2, 0.25) is 0 Å². The predicted molar refractivity (Wildman–Crippen MR) is 110 cm³/mol. The molecule has 1 amide bonds. The summed E-state index contributed by atoms with van der Waals surface area (Å²) in [5, 5.41) is 5.83. The lowest BCUT2D eigenvalue weighted by atomic mass is 10.2. The van der Waals surface area contributed by atoms with E-state index in [1.807, 2.05) is 12.1 Å². The molecule has 1 aromatic heterocycles. The van der Waals surface area contributed by atoms with Crippen LogP contribution in [0.3, 0.4) is 0 Å². The summed E-state index contributed by atoms with van der Waals surface area (Å²) in [5.41, 5.74) is 3.23. The van der Waals surface area contributed by atoms with E-state index in [2.05, 4.69) is 32.7 Å². The Morgan fingerprint density at radius 2 is 1.71 bits per heavy atom. The van der Waals surface area contributed by atoms with E-state index in [-0.39, 0.29) is 11.4 Å². The van der Waals surface area contributed by atoms with Crippen LogP contribution >= 0.6 is 0 Å². The third-order valence-corrected chi connectivity index (χ3v) is 4.74. The number of aromatic nitrogens is 1. The number of carbonyl (C=O) groups excluding carboxylic acids is 1. The van der Waals surface area contributed by atoms with Crippen LogP contribution < -0.4 is 15.5 Å². The Bertz CT molecular complexity index is 968. The van der Waals surface area contributed by atoms with Gasteiger partial charge in [-0.3, -0.25) is 9.78 Å². The topological polar surface area (TPSA) is 57.3 Å². The van der Waals surface area contributed by atoms with Gasteiger partial charge in [0.15, 0.2) is 0 Å². The number of halogens is 1. The molecule has 1 aliphatic rings. The van der Waals surface area contributed by atoms with Crippen LogP contribution in [0, 0.1) is 5.82 Å². The van der Waals surface area contributed by atoms with Crippen LogP contribution in [-0.4, -0.2) is 24.0 Å². The summed E-state index contributed by atoms with van der Waals surface area (Å²) in [4.78, 5) is 18.9. The van der Waals surface area contributed by atoms with Gasteiger partial charge >= 0.3 is 0 Å². The summed E-state index contributed by atoms with van der Waals surface area (Å²) in [6, 6.07) is 17.7. The molecule has 2 aromatic carbocycles. The molecule has 6 heteroatoms. The number of nitrogens with one attached hydrogen (secondary N) is 2. The molecule has 3 aromatic rings. The maximum atomic E-state index is 13.7. The number of hydrogen-bond acceptors (Lipinski definition) is 4. The first kappa shape index (κ1) is 18.0. The molecule has 0 spiro atoms. The highest BCUT2D eigenvalue weighted by molar-refractivity contribution is 6.03. The first-order valence-corrected chi connectivity index (χ1v) is 9.33. The Morgan fingerprint density at radius 3 is 2.46 bits per heavy atom. The van der Waals surface area contributed by atoms with Crippen LogP contribution in [0.4, 0.5) is 27.1 Å². The number of para-hydroxylation sites is 1. The summed E-state index contributed by atoms with van der Waals surface area (Å²) >= 11 is 0. The molecule has 1 aliphatic heterocycles. The van der Waals surface area contributed by atoms with Gasteiger partial charge in [-0.1, -0.05) is 12.1 Å². The van der Waals surface area contributed by atoms with Crippen LogP contribution in [0.2, 0.25) is 0 Å². The van der Waals surface area contributed by atoms with Crippen molar-refractivity contribution < 1.29 is 9.18 Å². The summed E-state index contributed by atoms with van der Waals surface area (Å²) < 4.78 is 13.7. The molecule has 142 valence electrons. The second-order valence-electron chi connectivity index (χ2n) is 6.73. The summed E-state index contributed by atoms with van der Waals surface area (Å²) in [5.74, 6) is -0.943. The number of carbonyl (C=O) groups is 1. The van der Waals surface area contributed by atoms with Gasteiger partial charge in [-0.15, -0.1) is 0 Å². The SMILES string of the molecule is O=C(Nc1ccccc1F)c1cc(Nc2ccc(N3CCCC3)cc2)ccn1. The standard InChI is InChI=1S/C22H21FN4O/c23-19-5-1-2-6-20(19)26-22(28)21-15-17(11-12-24-21)25-16-7-9-18(10-8-16)27-13-3-4-14-27/h1-2,5-12,15H,3-4,13-14H2,(H,24,25)(H,26,28). The molecule has 2 N–H and O–H groups in total. The van der Waals surface area contributed by atoms with Crippen LogP contribution in [0.15, 0.2) is 66.9 Å². The fraction of sp³-hybridized carbons (Fsp3) is 0.182. The van der Waals surface area contributed by atoms with Crippen LogP contribution in [0.1, 0.15) is 23.3 Å². The second kappa shape index (κ2) is 8.08. The molecule has 2 heterocycles. The maximum Gasteiger partial charge on any atom is 0.274 e. The van der Waals surface area contributed by atoms with Gasteiger partial charge in [0.25, 0.3) is 5.91 Å². The summed E-state index contributed by atoms with van der Waals surface area (Å²) in [7, 11) is 0. The van der Waals surface area contributed by atoms with E-state index in [1.165, 1.54) is 30.7 Å². The van der Waals surface area contributed by atoms with Crippen molar-refractivity contribution in [3.8, 4) is 0 Å². The first-order valence-electron chi connectivity index (χ1n) is 9.33. The zero-order chi connectivity index (χ0) is 19.3. The predicted octanol–water partition coefficient (Wildman–Crippen LogP) is 4.82. The van der Waals surface area contributed by atoms with E-state index >= 15 is 0 Å². The van der Waals surface area contributed by atoms with E-state index in [0.29, 0.717) is 0 Å².